The van der Waals surface area contributed by atoms with Crippen LogP contribution in [0.4, 0.5) is 5.69 Å². The van der Waals surface area contributed by atoms with Gasteiger partial charge in [0.1, 0.15) is 0 Å². The number of aryl methyl sites for hydroxylation is 1. The van der Waals surface area contributed by atoms with E-state index in [-0.39, 0.29) is 6.42 Å². The smallest absolute Gasteiger partial charge is 0.305 e. The Morgan fingerprint density at radius 3 is 3.06 bits per heavy atom. The molecule has 0 unspecified atom stereocenters. The van der Waals surface area contributed by atoms with E-state index in [2.05, 4.69) is 10.3 Å². The number of carboxylic acid groups (broad SMARTS) is 1. The largest absolute Gasteiger partial charge is 0.481 e. The number of nitrogens with zero attached hydrogens (tertiary/aromatic N) is 1. The van der Waals surface area contributed by atoms with E-state index in [0.717, 1.165) is 18.5 Å². The molecule has 0 saturated carbocycles. The van der Waals surface area contributed by atoms with Crippen molar-refractivity contribution in [2.24, 2.45) is 0 Å². The number of anilines is 1. The number of carboxylic acids is 1. The first-order chi connectivity index (χ1) is 7.77. The molecule has 1 aliphatic carbocycles. The van der Waals surface area contributed by atoms with Crippen LogP contribution in [0.1, 0.15) is 30.5 Å². The maximum absolute atomic E-state index is 10.4. The summed E-state index contributed by atoms with van der Waals surface area (Å²) in [6.45, 7) is 0.478. The first-order valence-electron chi connectivity index (χ1n) is 5.70. The third-order valence-electron chi connectivity index (χ3n) is 2.89. The summed E-state index contributed by atoms with van der Waals surface area (Å²) in [5, 5.41) is 11.8. The summed E-state index contributed by atoms with van der Waals surface area (Å²) in [5.41, 5.74) is 3.51. The Morgan fingerprint density at radius 2 is 2.25 bits per heavy atom. The highest BCUT2D eigenvalue weighted by molar-refractivity contribution is 5.67. The molecule has 1 aromatic heterocycles. The topological polar surface area (TPSA) is 62.2 Å². The fraction of sp³-hybridized carbons (Fsp3) is 0.500. The number of aliphatic carboxylic acids is 1. The molecule has 2 N–H and O–H groups in total. The third kappa shape index (κ3) is 2.51. The second-order valence-corrected chi connectivity index (χ2v) is 4.06. The van der Waals surface area contributed by atoms with Gasteiger partial charge in [0.15, 0.2) is 0 Å². The molecule has 0 amide bonds. The van der Waals surface area contributed by atoms with Crippen molar-refractivity contribution in [3.05, 3.63) is 23.5 Å². The summed E-state index contributed by atoms with van der Waals surface area (Å²) in [5.74, 6) is -0.768. The van der Waals surface area contributed by atoms with Crippen LogP contribution in [-0.4, -0.2) is 22.6 Å². The predicted octanol–water partition coefficient (Wildman–Crippen LogP) is 1.85. The molecule has 1 heterocycles. The molecule has 0 radical (unpaired) electrons. The van der Waals surface area contributed by atoms with Crippen molar-refractivity contribution in [3.63, 3.8) is 0 Å². The van der Waals surface area contributed by atoms with E-state index in [1.165, 1.54) is 24.1 Å². The zero-order chi connectivity index (χ0) is 11.4. The van der Waals surface area contributed by atoms with Crippen molar-refractivity contribution in [2.45, 2.75) is 32.1 Å². The van der Waals surface area contributed by atoms with Gasteiger partial charge < -0.3 is 10.4 Å². The Hall–Kier alpha value is -1.58. The van der Waals surface area contributed by atoms with Crippen LogP contribution in [0.25, 0.3) is 0 Å². The molecular formula is C12H16N2O2. The number of hydrogen-bond donors (Lipinski definition) is 2. The molecule has 0 fully saturated rings. The van der Waals surface area contributed by atoms with Crippen molar-refractivity contribution in [1.29, 1.82) is 0 Å². The van der Waals surface area contributed by atoms with Crippen LogP contribution in [0.15, 0.2) is 12.3 Å². The summed E-state index contributed by atoms with van der Waals surface area (Å²) in [6.07, 6.45) is 6.46. The summed E-state index contributed by atoms with van der Waals surface area (Å²) in [7, 11) is 0. The van der Waals surface area contributed by atoms with Crippen molar-refractivity contribution in [1.82, 2.24) is 4.98 Å². The Labute approximate surface area is 94.7 Å². The van der Waals surface area contributed by atoms with Crippen LogP contribution in [0.2, 0.25) is 0 Å². The van der Waals surface area contributed by atoms with Crippen LogP contribution < -0.4 is 5.32 Å². The molecule has 0 aliphatic heterocycles. The molecule has 0 aromatic carbocycles. The number of pyridine rings is 1. The molecule has 0 spiro atoms. The predicted molar refractivity (Wildman–Crippen MR) is 61.6 cm³/mol. The fourth-order valence-corrected chi connectivity index (χ4v) is 2.09. The van der Waals surface area contributed by atoms with Crippen LogP contribution in [0.3, 0.4) is 0 Å². The number of hydrogen-bond acceptors (Lipinski definition) is 3. The van der Waals surface area contributed by atoms with E-state index in [1.807, 2.05) is 6.07 Å². The second-order valence-electron chi connectivity index (χ2n) is 4.06. The summed E-state index contributed by atoms with van der Waals surface area (Å²) in [6, 6.07) is 1.94. The molecule has 2 rings (SSSR count). The van der Waals surface area contributed by atoms with Gasteiger partial charge in [-0.2, -0.15) is 0 Å². The normalized spacial score (nSPS) is 14.2. The first-order valence-corrected chi connectivity index (χ1v) is 5.70. The molecule has 4 nitrogen and oxygen atoms in total. The number of nitrogens with one attached hydrogen (secondary N) is 1. The lowest BCUT2D eigenvalue weighted by atomic mass is 9.95. The minimum absolute atomic E-state index is 0.150. The van der Waals surface area contributed by atoms with Crippen LogP contribution in [-0.2, 0) is 17.6 Å². The number of carbonyl (C=O) groups is 1. The van der Waals surface area contributed by atoms with Gasteiger partial charge in [-0.05, 0) is 37.3 Å². The molecule has 0 saturated heterocycles. The summed E-state index contributed by atoms with van der Waals surface area (Å²) < 4.78 is 0. The van der Waals surface area contributed by atoms with Gasteiger partial charge in [0.2, 0.25) is 0 Å². The molecule has 86 valence electrons. The average Bonchev–Trinajstić information content (AvgIpc) is 2.29. The molecule has 0 bridgehead atoms. The van der Waals surface area contributed by atoms with Gasteiger partial charge in [-0.3, -0.25) is 9.78 Å². The van der Waals surface area contributed by atoms with Crippen molar-refractivity contribution in [3.8, 4) is 0 Å². The number of rotatable bonds is 4. The first kappa shape index (κ1) is 10.9. The van der Waals surface area contributed by atoms with Crippen molar-refractivity contribution in [2.75, 3.05) is 11.9 Å². The molecule has 4 heteroatoms. The quantitative estimate of drug-likeness (QED) is 0.812. The molecule has 1 aromatic rings. The van der Waals surface area contributed by atoms with Gasteiger partial charge in [-0.15, -0.1) is 0 Å². The monoisotopic (exact) mass is 220 g/mol. The van der Waals surface area contributed by atoms with Gasteiger partial charge in [0.05, 0.1) is 6.42 Å². The number of fused-ring (bicyclic) bond motifs is 1. The highest BCUT2D eigenvalue weighted by Gasteiger charge is 2.13. The van der Waals surface area contributed by atoms with Crippen LogP contribution >= 0.6 is 0 Å². The fourth-order valence-electron chi connectivity index (χ4n) is 2.09. The van der Waals surface area contributed by atoms with E-state index < -0.39 is 5.97 Å². The Balaban J connectivity index is 2.05. The van der Waals surface area contributed by atoms with Crippen molar-refractivity contribution < 1.29 is 9.90 Å². The number of aromatic nitrogens is 1. The lowest BCUT2D eigenvalue weighted by molar-refractivity contribution is -0.136. The molecule has 1 aliphatic rings. The lowest BCUT2D eigenvalue weighted by Crippen LogP contribution is -2.12. The Morgan fingerprint density at radius 1 is 1.44 bits per heavy atom. The van der Waals surface area contributed by atoms with Crippen LogP contribution in [0.5, 0.6) is 0 Å². The summed E-state index contributed by atoms with van der Waals surface area (Å²) in [4.78, 5) is 14.8. The van der Waals surface area contributed by atoms with Gasteiger partial charge in [-0.1, -0.05) is 0 Å². The lowest BCUT2D eigenvalue weighted by Gasteiger charge is -2.18. The molecule has 0 atom stereocenters. The van der Waals surface area contributed by atoms with E-state index in [9.17, 15) is 4.79 Å². The minimum Gasteiger partial charge on any atom is -0.481 e. The second kappa shape index (κ2) is 4.96. The Bertz CT molecular complexity index is 391. The highest BCUT2D eigenvalue weighted by atomic mass is 16.4. The van der Waals surface area contributed by atoms with Gasteiger partial charge in [-0.25, -0.2) is 0 Å². The van der Waals surface area contributed by atoms with E-state index in [0.29, 0.717) is 6.54 Å². The van der Waals surface area contributed by atoms with E-state index >= 15 is 0 Å². The standard InChI is InChI=1S/C12H16N2O2/c15-12(16)6-8-14-11-5-7-13-10-4-2-1-3-9(10)11/h5,7H,1-4,6,8H2,(H,13,14)(H,15,16). The average molecular weight is 220 g/mol. The van der Waals surface area contributed by atoms with Gasteiger partial charge in [0, 0.05) is 24.1 Å². The minimum atomic E-state index is -0.768. The molecular weight excluding hydrogens is 204 g/mol. The van der Waals surface area contributed by atoms with Crippen molar-refractivity contribution >= 4 is 11.7 Å². The van der Waals surface area contributed by atoms with E-state index in [4.69, 9.17) is 5.11 Å². The maximum Gasteiger partial charge on any atom is 0.305 e. The van der Waals surface area contributed by atoms with Gasteiger partial charge in [0.25, 0.3) is 0 Å². The highest BCUT2D eigenvalue weighted by Crippen LogP contribution is 2.25. The zero-order valence-corrected chi connectivity index (χ0v) is 9.20. The maximum atomic E-state index is 10.4. The summed E-state index contributed by atoms with van der Waals surface area (Å²) >= 11 is 0. The zero-order valence-electron chi connectivity index (χ0n) is 9.20. The van der Waals surface area contributed by atoms with Gasteiger partial charge >= 0.3 is 5.97 Å². The molecule has 16 heavy (non-hydrogen) atoms. The van der Waals surface area contributed by atoms with E-state index in [1.54, 1.807) is 6.20 Å². The SMILES string of the molecule is O=C(O)CCNc1ccnc2c1CCCC2. The van der Waals surface area contributed by atoms with Crippen LogP contribution in [0, 0.1) is 0 Å². The Kier molecular flexibility index (Phi) is 3.39. The third-order valence-corrected chi connectivity index (χ3v) is 2.89.